The molecule has 10 N–H and O–H groups in total. The van der Waals surface area contributed by atoms with E-state index in [2.05, 4.69) is 36.2 Å². The van der Waals surface area contributed by atoms with Crippen molar-refractivity contribution in [2.75, 3.05) is 12.3 Å². The Labute approximate surface area is 187 Å². The topological polar surface area (TPSA) is 310 Å². The molecule has 0 unspecified atom stereocenters. The largest absolute Gasteiger partial charge is 0.490 e. The second-order valence-electron chi connectivity index (χ2n) is 6.12. The van der Waals surface area contributed by atoms with Crippen molar-refractivity contribution in [3.63, 3.8) is 0 Å². The Morgan fingerprint density at radius 1 is 1.18 bits per heavy atom. The number of hydrogen-bond acceptors (Lipinski definition) is 13. The maximum absolute atomic E-state index is 11.7. The molecule has 0 radical (unpaired) electrons. The molecule has 1 aliphatic rings. The maximum Gasteiger partial charge on any atom is 0.490 e. The Morgan fingerprint density at radius 2 is 1.73 bits per heavy atom. The molecule has 0 saturated carbocycles. The monoisotopic (exact) mass is 557 g/mol. The Bertz CT molecular complexity index is 1160. The van der Waals surface area contributed by atoms with Crippen LogP contribution in [0.5, 0.6) is 0 Å². The molecule has 2 aromatic rings. The average Bonchev–Trinajstić information content (AvgIpc) is 3.13. The van der Waals surface area contributed by atoms with Crippen molar-refractivity contribution < 1.29 is 61.7 Å². The minimum Gasteiger partial charge on any atom is -0.394 e. The number of aromatic nitrogens is 4. The minimum atomic E-state index is -5.46. The van der Waals surface area contributed by atoms with Gasteiger partial charge in [0, 0.05) is 0 Å². The van der Waals surface area contributed by atoms with Crippen LogP contribution in [0, 0.1) is 0 Å². The fraction of sp³-hybridized carbons (Fsp3) is 0.500. The molecular formula is C10H18N5O14P3S. The van der Waals surface area contributed by atoms with Gasteiger partial charge in [0.05, 0.1) is 24.3 Å². The van der Waals surface area contributed by atoms with Gasteiger partial charge in [0.1, 0.15) is 6.10 Å². The van der Waals surface area contributed by atoms with Crippen LogP contribution < -0.4 is 11.3 Å². The third kappa shape index (κ3) is 7.64. The smallest absolute Gasteiger partial charge is 0.394 e. The van der Waals surface area contributed by atoms with Gasteiger partial charge < -0.3 is 45.2 Å². The van der Waals surface area contributed by atoms with E-state index in [-0.39, 0.29) is 23.7 Å². The molecule has 188 valence electrons. The van der Waals surface area contributed by atoms with E-state index in [1.165, 1.54) is 10.9 Å². The second kappa shape index (κ2) is 10.2. The zero-order valence-corrected chi connectivity index (χ0v) is 19.4. The van der Waals surface area contributed by atoms with E-state index < -0.39 is 52.7 Å². The molecule has 23 heteroatoms. The van der Waals surface area contributed by atoms with Crippen LogP contribution in [0.4, 0.5) is 5.95 Å². The van der Waals surface area contributed by atoms with E-state index in [0.717, 1.165) is 0 Å². The summed E-state index contributed by atoms with van der Waals surface area (Å²) in [4.78, 5) is 62.2. The Kier molecular flexibility index (Phi) is 8.65. The van der Waals surface area contributed by atoms with Crippen LogP contribution in [-0.2, 0) is 27.1 Å². The van der Waals surface area contributed by atoms with Crippen molar-refractivity contribution in [1.82, 2.24) is 19.5 Å². The third-order valence-electron chi connectivity index (χ3n) is 3.66. The first-order valence-corrected chi connectivity index (χ1v) is 13.2. The number of nitrogen functional groups attached to an aromatic ring is 1. The molecule has 0 aliphatic carbocycles. The van der Waals surface area contributed by atoms with Gasteiger partial charge in [0.25, 0.3) is 5.56 Å². The predicted molar refractivity (Wildman–Crippen MR) is 108 cm³/mol. The van der Waals surface area contributed by atoms with Gasteiger partial charge in [0.15, 0.2) is 17.4 Å². The molecule has 3 rings (SSSR count). The SMILES string of the molecule is Nc1nc2c(ncn2[C@@H]2O[C@H](CO)[C@@H](O)[C@H]2S)c(=O)[nH]1.O=P(O)(O)OP(=O)(O)OP(=O)(O)O. The van der Waals surface area contributed by atoms with Gasteiger partial charge in [-0.25, -0.2) is 18.7 Å². The second-order valence-corrected chi connectivity index (χ2v) is 10.9. The molecule has 0 bridgehead atoms. The van der Waals surface area contributed by atoms with E-state index >= 15 is 0 Å². The van der Waals surface area contributed by atoms with Crippen molar-refractivity contribution in [2.45, 2.75) is 23.7 Å². The number of imidazole rings is 1. The highest BCUT2D eigenvalue weighted by Gasteiger charge is 2.43. The Balaban J connectivity index is 0.000000260. The summed E-state index contributed by atoms with van der Waals surface area (Å²) in [6.07, 6.45) is -1.03. The summed E-state index contributed by atoms with van der Waals surface area (Å²) in [6, 6.07) is 0. The van der Waals surface area contributed by atoms with E-state index in [4.69, 9.17) is 40.0 Å². The van der Waals surface area contributed by atoms with E-state index in [9.17, 15) is 23.6 Å². The fourth-order valence-electron chi connectivity index (χ4n) is 2.52. The molecule has 2 aromatic heterocycles. The first-order valence-electron chi connectivity index (χ1n) is 8.15. The van der Waals surface area contributed by atoms with Crippen molar-refractivity contribution in [2.24, 2.45) is 0 Å². The number of anilines is 1. The summed E-state index contributed by atoms with van der Waals surface area (Å²) >= 11 is 4.28. The summed E-state index contributed by atoms with van der Waals surface area (Å²) < 4.78 is 43.4. The minimum absolute atomic E-state index is 0.0442. The average molecular weight is 557 g/mol. The number of rotatable bonds is 6. The number of aromatic amines is 1. The van der Waals surface area contributed by atoms with Crippen LogP contribution >= 0.6 is 36.1 Å². The number of aliphatic hydroxyl groups excluding tert-OH is 2. The first kappa shape index (κ1) is 28.0. The number of nitrogens with zero attached hydrogens (tertiary/aromatic N) is 3. The van der Waals surface area contributed by atoms with Gasteiger partial charge in [-0.15, -0.1) is 0 Å². The molecule has 0 amide bonds. The van der Waals surface area contributed by atoms with Crippen molar-refractivity contribution in [1.29, 1.82) is 0 Å². The molecular weight excluding hydrogens is 539 g/mol. The van der Waals surface area contributed by atoms with Crippen LogP contribution in [0.15, 0.2) is 11.1 Å². The lowest BCUT2D eigenvalue weighted by Crippen LogP contribution is -2.30. The number of aliphatic hydroxyl groups is 2. The lowest BCUT2D eigenvalue weighted by molar-refractivity contribution is -0.0430. The molecule has 0 spiro atoms. The Morgan fingerprint density at radius 3 is 2.18 bits per heavy atom. The highest BCUT2D eigenvalue weighted by molar-refractivity contribution is 7.81. The summed E-state index contributed by atoms with van der Waals surface area (Å²) in [6.45, 7) is -0.336. The summed E-state index contributed by atoms with van der Waals surface area (Å²) in [5.41, 5.74) is 5.40. The van der Waals surface area contributed by atoms with Crippen molar-refractivity contribution in [3.8, 4) is 0 Å². The number of ether oxygens (including phenoxy) is 1. The molecule has 1 saturated heterocycles. The van der Waals surface area contributed by atoms with Crippen LogP contribution in [0.1, 0.15) is 6.23 Å². The number of H-pyrrole nitrogens is 1. The molecule has 3 heterocycles. The molecule has 4 atom stereocenters. The Hall–Kier alpha value is -1.21. The number of hydrogen-bond donors (Lipinski definition) is 10. The van der Waals surface area contributed by atoms with E-state index in [1.54, 1.807) is 0 Å². The van der Waals surface area contributed by atoms with Gasteiger partial charge in [-0.2, -0.15) is 26.2 Å². The van der Waals surface area contributed by atoms with Gasteiger partial charge in [-0.3, -0.25) is 14.3 Å². The van der Waals surface area contributed by atoms with Crippen molar-refractivity contribution >= 4 is 53.2 Å². The van der Waals surface area contributed by atoms with Crippen LogP contribution in [0.2, 0.25) is 0 Å². The first-order chi connectivity index (χ1) is 14.9. The number of fused-ring (bicyclic) bond motifs is 1. The molecule has 1 fully saturated rings. The number of nitrogens with two attached hydrogens (primary N) is 1. The lowest BCUT2D eigenvalue weighted by Gasteiger charge is -2.16. The summed E-state index contributed by atoms with van der Waals surface area (Å²) in [5, 5.41) is 18.4. The number of nitrogens with one attached hydrogen (secondary N) is 1. The molecule has 33 heavy (non-hydrogen) atoms. The number of thiol groups is 1. The van der Waals surface area contributed by atoms with Gasteiger partial charge in [-0.05, 0) is 0 Å². The molecule has 1 aliphatic heterocycles. The van der Waals surface area contributed by atoms with E-state index in [0.29, 0.717) is 0 Å². The third-order valence-corrected chi connectivity index (χ3v) is 7.57. The van der Waals surface area contributed by atoms with Crippen LogP contribution in [0.25, 0.3) is 11.2 Å². The fourth-order valence-corrected chi connectivity index (χ4v) is 5.47. The van der Waals surface area contributed by atoms with Gasteiger partial charge in [0.2, 0.25) is 5.95 Å². The van der Waals surface area contributed by atoms with E-state index in [1.807, 2.05) is 0 Å². The van der Waals surface area contributed by atoms with Crippen LogP contribution in [-0.4, -0.2) is 78.3 Å². The van der Waals surface area contributed by atoms with Crippen LogP contribution in [0.3, 0.4) is 0 Å². The quantitative estimate of drug-likeness (QED) is 0.130. The zero-order valence-electron chi connectivity index (χ0n) is 15.8. The van der Waals surface area contributed by atoms with Crippen molar-refractivity contribution in [3.05, 3.63) is 16.7 Å². The molecule has 0 aromatic carbocycles. The lowest BCUT2D eigenvalue weighted by atomic mass is 10.2. The maximum atomic E-state index is 11.7. The van der Waals surface area contributed by atoms with Gasteiger partial charge >= 0.3 is 23.5 Å². The normalized spacial score (nSPS) is 24.0. The zero-order chi connectivity index (χ0) is 25.4. The van der Waals surface area contributed by atoms with Gasteiger partial charge in [-0.1, -0.05) is 0 Å². The standard InChI is InChI=1S/C10H13N5O4S.H5O10P3/c11-10-13-7-4(8(18)14-10)12-2-15(7)9-6(20)5(17)3(1-16)19-9;1-11(2,3)9-13(7,8)10-12(4,5)6/h2-3,5-6,9,16-17,20H,1H2,(H3,11,13,14,18);(H,7,8)(H2,1,2,3)(H2,4,5,6)/t3-,5-,6-,9-;/m1./s1. The summed E-state index contributed by atoms with van der Waals surface area (Å²) in [5.74, 6) is -0.0442. The summed E-state index contributed by atoms with van der Waals surface area (Å²) in [7, 11) is -16.2. The predicted octanol–water partition coefficient (Wildman–Crippen LogP) is -2.44. The number of phosphoric acid groups is 3. The highest BCUT2D eigenvalue weighted by atomic mass is 32.1. The highest BCUT2D eigenvalue weighted by Crippen LogP contribution is 2.64. The molecule has 19 nitrogen and oxygen atoms in total.